The van der Waals surface area contributed by atoms with Gasteiger partial charge in [-0.15, -0.1) is 0 Å². The third-order valence-corrected chi connectivity index (χ3v) is 1.52. The number of carbonyl (C=O) groups is 1. The van der Waals surface area contributed by atoms with Gasteiger partial charge in [0.1, 0.15) is 5.75 Å². The third kappa shape index (κ3) is 8.81. The second kappa shape index (κ2) is 9.06. The van der Waals surface area contributed by atoms with Gasteiger partial charge in [-0.2, -0.15) is 0 Å². The summed E-state index contributed by atoms with van der Waals surface area (Å²) in [6, 6.07) is 8.71. The number of phenolic OH excluding ortho intramolecular Hbond substituents is 1. The molecule has 0 heterocycles. The molecule has 0 spiro atoms. The number of esters is 1. The van der Waals surface area contributed by atoms with E-state index in [0.717, 1.165) is 6.42 Å². The number of rotatable bonds is 3. The summed E-state index contributed by atoms with van der Waals surface area (Å²) in [5, 5.41) is 8.63. The molecule has 0 aliphatic carbocycles. The minimum Gasteiger partial charge on any atom is -0.508 e. The van der Waals surface area contributed by atoms with Crippen molar-refractivity contribution in [3.8, 4) is 5.75 Å². The van der Waals surface area contributed by atoms with E-state index in [1.807, 2.05) is 19.9 Å². The number of benzene rings is 1. The third-order valence-electron chi connectivity index (χ3n) is 1.52. The van der Waals surface area contributed by atoms with E-state index in [1.54, 1.807) is 24.3 Å². The minimum atomic E-state index is -0.0880. The summed E-state index contributed by atoms with van der Waals surface area (Å²) in [7, 11) is 0. The van der Waals surface area contributed by atoms with Crippen molar-refractivity contribution in [1.82, 2.24) is 0 Å². The minimum absolute atomic E-state index is 0.0880. The Morgan fingerprint density at radius 3 is 2.20 bits per heavy atom. The van der Waals surface area contributed by atoms with Crippen molar-refractivity contribution >= 4 is 5.97 Å². The Morgan fingerprint density at radius 2 is 1.87 bits per heavy atom. The van der Waals surface area contributed by atoms with Gasteiger partial charge >= 0.3 is 5.97 Å². The van der Waals surface area contributed by atoms with E-state index < -0.39 is 0 Å². The predicted octanol–water partition coefficient (Wildman–Crippen LogP) is 2.74. The summed E-state index contributed by atoms with van der Waals surface area (Å²) in [5.74, 6) is 0.234. The van der Waals surface area contributed by atoms with E-state index in [0.29, 0.717) is 18.8 Å². The summed E-state index contributed by atoms with van der Waals surface area (Å²) in [6.45, 7) is 4.27. The van der Waals surface area contributed by atoms with E-state index >= 15 is 0 Å². The largest absolute Gasteiger partial charge is 0.508 e. The molecule has 0 fully saturated rings. The molecule has 0 aromatic heterocycles. The fraction of sp³-hybridized carbons (Fsp3) is 0.417. The molecule has 1 aromatic rings. The first-order valence-electron chi connectivity index (χ1n) is 5.10. The van der Waals surface area contributed by atoms with E-state index in [1.165, 1.54) is 0 Å². The Morgan fingerprint density at radius 1 is 1.27 bits per heavy atom. The molecule has 1 rings (SSSR count). The normalized spacial score (nSPS) is 8.67. The first-order chi connectivity index (χ1) is 7.20. The fourth-order valence-electron chi connectivity index (χ4n) is 0.865. The average molecular weight is 210 g/mol. The van der Waals surface area contributed by atoms with Crippen LogP contribution in [0.15, 0.2) is 30.3 Å². The summed E-state index contributed by atoms with van der Waals surface area (Å²) in [6.07, 6.45) is 1.42. The molecule has 1 aromatic carbocycles. The maximum absolute atomic E-state index is 10.4. The van der Waals surface area contributed by atoms with Gasteiger partial charge in [0.2, 0.25) is 0 Å². The highest BCUT2D eigenvalue weighted by atomic mass is 16.5. The molecule has 0 saturated heterocycles. The van der Waals surface area contributed by atoms with Crippen molar-refractivity contribution < 1.29 is 14.6 Å². The maximum Gasteiger partial charge on any atom is 0.305 e. The van der Waals surface area contributed by atoms with Gasteiger partial charge < -0.3 is 9.84 Å². The first kappa shape index (κ1) is 13.5. The van der Waals surface area contributed by atoms with Gasteiger partial charge in [-0.05, 0) is 25.5 Å². The molecule has 0 unspecified atom stereocenters. The van der Waals surface area contributed by atoms with E-state index in [-0.39, 0.29) is 5.97 Å². The van der Waals surface area contributed by atoms with Crippen molar-refractivity contribution in [3.63, 3.8) is 0 Å². The Kier molecular flexibility index (Phi) is 8.15. The highest BCUT2D eigenvalue weighted by molar-refractivity contribution is 5.69. The first-order valence-corrected chi connectivity index (χ1v) is 5.10. The molecule has 0 aliphatic heterocycles. The maximum atomic E-state index is 10.4. The number of hydrogen-bond donors (Lipinski definition) is 1. The molecular weight excluding hydrogens is 192 g/mol. The lowest BCUT2D eigenvalue weighted by Crippen LogP contribution is -2.01. The van der Waals surface area contributed by atoms with Crippen LogP contribution in [0.2, 0.25) is 0 Å². The number of carbonyl (C=O) groups excluding carboxylic acids is 1. The van der Waals surface area contributed by atoms with Crippen LogP contribution in [0.25, 0.3) is 0 Å². The van der Waals surface area contributed by atoms with Crippen LogP contribution in [0.1, 0.15) is 26.7 Å². The number of para-hydroxylation sites is 1. The number of aromatic hydroxyl groups is 1. The zero-order chi connectivity index (χ0) is 11.5. The lowest BCUT2D eigenvalue weighted by Gasteiger charge is -1.96. The number of ether oxygens (including phenoxy) is 1. The van der Waals surface area contributed by atoms with Crippen LogP contribution in [-0.4, -0.2) is 17.7 Å². The number of hydrogen-bond acceptors (Lipinski definition) is 3. The molecule has 3 heteroatoms. The SMILES string of the molecule is CCCC(=O)OCC.Oc1ccccc1. The summed E-state index contributed by atoms with van der Waals surface area (Å²) >= 11 is 0. The predicted molar refractivity (Wildman–Crippen MR) is 59.6 cm³/mol. The highest BCUT2D eigenvalue weighted by Crippen LogP contribution is 2.02. The van der Waals surface area contributed by atoms with Crippen LogP contribution in [0.3, 0.4) is 0 Å². The van der Waals surface area contributed by atoms with Crippen molar-refractivity contribution in [2.75, 3.05) is 6.61 Å². The molecule has 0 atom stereocenters. The van der Waals surface area contributed by atoms with Crippen LogP contribution in [0.4, 0.5) is 0 Å². The fourth-order valence-corrected chi connectivity index (χ4v) is 0.865. The van der Waals surface area contributed by atoms with Gasteiger partial charge in [0, 0.05) is 6.42 Å². The molecule has 0 amide bonds. The van der Waals surface area contributed by atoms with Crippen molar-refractivity contribution in [2.24, 2.45) is 0 Å². The quantitative estimate of drug-likeness (QED) is 0.780. The van der Waals surface area contributed by atoms with Gasteiger partial charge in [0.25, 0.3) is 0 Å². The van der Waals surface area contributed by atoms with Crippen LogP contribution in [-0.2, 0) is 9.53 Å². The zero-order valence-electron chi connectivity index (χ0n) is 9.27. The molecule has 0 aliphatic rings. The standard InChI is InChI=1S/C6H12O2.C6H6O/c1-3-5-6(7)8-4-2;7-6-4-2-1-3-5-6/h3-5H2,1-2H3;1-5,7H. The Balaban J connectivity index is 0.000000262. The summed E-state index contributed by atoms with van der Waals surface area (Å²) in [4.78, 5) is 10.4. The van der Waals surface area contributed by atoms with Gasteiger partial charge in [0.15, 0.2) is 0 Å². The molecule has 3 nitrogen and oxygen atoms in total. The number of phenols is 1. The lowest BCUT2D eigenvalue weighted by atomic mass is 10.3. The van der Waals surface area contributed by atoms with Crippen molar-refractivity contribution in [2.45, 2.75) is 26.7 Å². The Bertz CT molecular complexity index is 249. The van der Waals surface area contributed by atoms with Crippen LogP contribution in [0.5, 0.6) is 5.75 Å². The zero-order valence-corrected chi connectivity index (χ0v) is 9.27. The van der Waals surface area contributed by atoms with Gasteiger partial charge in [0.05, 0.1) is 6.61 Å². The smallest absolute Gasteiger partial charge is 0.305 e. The van der Waals surface area contributed by atoms with Crippen LogP contribution in [0, 0.1) is 0 Å². The second-order valence-corrected chi connectivity index (χ2v) is 2.89. The van der Waals surface area contributed by atoms with Gasteiger partial charge in [-0.3, -0.25) is 4.79 Å². The summed E-state index contributed by atoms with van der Waals surface area (Å²) < 4.78 is 4.64. The molecule has 84 valence electrons. The van der Waals surface area contributed by atoms with Gasteiger partial charge in [-0.25, -0.2) is 0 Å². The molecule has 1 N–H and O–H groups in total. The van der Waals surface area contributed by atoms with Crippen LogP contribution >= 0.6 is 0 Å². The monoisotopic (exact) mass is 210 g/mol. The van der Waals surface area contributed by atoms with Gasteiger partial charge in [-0.1, -0.05) is 25.1 Å². The average Bonchev–Trinajstić information content (AvgIpc) is 2.20. The molecule has 0 saturated carbocycles. The van der Waals surface area contributed by atoms with Crippen molar-refractivity contribution in [3.05, 3.63) is 30.3 Å². The van der Waals surface area contributed by atoms with E-state index in [2.05, 4.69) is 4.74 Å². The van der Waals surface area contributed by atoms with E-state index in [9.17, 15) is 4.79 Å². The summed E-state index contributed by atoms with van der Waals surface area (Å²) in [5.41, 5.74) is 0. The Hall–Kier alpha value is -1.51. The molecule has 15 heavy (non-hydrogen) atoms. The Labute approximate surface area is 90.7 Å². The second-order valence-electron chi connectivity index (χ2n) is 2.89. The molecule has 0 radical (unpaired) electrons. The highest BCUT2D eigenvalue weighted by Gasteiger charge is 1.95. The lowest BCUT2D eigenvalue weighted by molar-refractivity contribution is -0.143. The van der Waals surface area contributed by atoms with Crippen LogP contribution < -0.4 is 0 Å². The topological polar surface area (TPSA) is 46.5 Å². The molecular formula is C12H18O3. The van der Waals surface area contributed by atoms with E-state index in [4.69, 9.17) is 5.11 Å². The van der Waals surface area contributed by atoms with Crippen molar-refractivity contribution in [1.29, 1.82) is 0 Å². The molecule has 0 bridgehead atoms.